The molecule has 0 saturated carbocycles. The molecule has 0 fully saturated rings. The quantitative estimate of drug-likeness (QED) is 0.540. The topological polar surface area (TPSA) is 17.1 Å². The van der Waals surface area contributed by atoms with Crippen molar-refractivity contribution >= 4 is 5.78 Å². The van der Waals surface area contributed by atoms with E-state index in [0.717, 1.165) is 18.8 Å². The van der Waals surface area contributed by atoms with Gasteiger partial charge in [-0.25, -0.2) is 0 Å². The summed E-state index contributed by atoms with van der Waals surface area (Å²) in [7, 11) is 0. The van der Waals surface area contributed by atoms with Crippen molar-refractivity contribution in [2.45, 2.75) is 40.0 Å². The molecule has 0 aromatic carbocycles. The molecule has 1 atom stereocenters. The number of ketones is 1. The molecule has 0 aliphatic heterocycles. The summed E-state index contributed by atoms with van der Waals surface area (Å²) < 4.78 is 0. The van der Waals surface area contributed by atoms with E-state index in [1.807, 2.05) is 19.9 Å². The highest BCUT2D eigenvalue weighted by Crippen LogP contribution is 2.29. The molecule has 0 saturated heterocycles. The molecule has 0 N–H and O–H groups in total. The molecule has 1 aliphatic rings. The van der Waals surface area contributed by atoms with Gasteiger partial charge in [0.25, 0.3) is 0 Å². The summed E-state index contributed by atoms with van der Waals surface area (Å²) in [5.41, 5.74) is -0.134. The normalized spacial score (nSPS) is 32.2. The van der Waals surface area contributed by atoms with Gasteiger partial charge in [0.1, 0.15) is 0 Å². The summed E-state index contributed by atoms with van der Waals surface area (Å²) in [6.45, 7) is 6.33. The van der Waals surface area contributed by atoms with Gasteiger partial charge in [0.15, 0.2) is 5.78 Å². The largest absolute Gasteiger partial charge is 0.294 e. The Morgan fingerprint density at radius 2 is 2.17 bits per heavy atom. The first-order chi connectivity index (χ1) is 5.52. The summed E-state index contributed by atoms with van der Waals surface area (Å²) >= 11 is 0. The third-order valence-electron chi connectivity index (χ3n) is 2.74. The van der Waals surface area contributed by atoms with Crippen LogP contribution < -0.4 is 0 Å². The number of hydrogen-bond donors (Lipinski definition) is 0. The molecule has 0 aromatic rings. The monoisotopic (exact) mass is 166 g/mol. The second-order valence-electron chi connectivity index (χ2n) is 4.53. The minimum atomic E-state index is -0.134. The highest BCUT2D eigenvalue weighted by atomic mass is 16.1. The lowest BCUT2D eigenvalue weighted by atomic mass is 9.79. The van der Waals surface area contributed by atoms with Crippen molar-refractivity contribution in [1.29, 1.82) is 0 Å². The van der Waals surface area contributed by atoms with Crippen LogP contribution in [0.4, 0.5) is 0 Å². The standard InChI is InChI=1S/C11H18O/c1-9-5-4-6-10(12)11(2,3)8-7-9/h4,6,9H,5,7-8H2,1-3H3/b6-4-. The maximum absolute atomic E-state index is 11.5. The van der Waals surface area contributed by atoms with E-state index in [2.05, 4.69) is 6.92 Å². The van der Waals surface area contributed by atoms with Gasteiger partial charge in [-0.15, -0.1) is 0 Å². The number of hydrogen-bond acceptors (Lipinski definition) is 1. The van der Waals surface area contributed by atoms with Gasteiger partial charge >= 0.3 is 0 Å². The average Bonchev–Trinajstić information content (AvgIpc) is 1.99. The average molecular weight is 166 g/mol. The predicted octanol–water partition coefficient (Wildman–Crippen LogP) is 2.96. The first kappa shape index (κ1) is 9.50. The van der Waals surface area contributed by atoms with Crippen LogP contribution in [0.3, 0.4) is 0 Å². The van der Waals surface area contributed by atoms with Gasteiger partial charge in [-0.2, -0.15) is 0 Å². The summed E-state index contributed by atoms with van der Waals surface area (Å²) in [6.07, 6.45) is 7.03. The van der Waals surface area contributed by atoms with Gasteiger partial charge in [-0.1, -0.05) is 26.8 Å². The van der Waals surface area contributed by atoms with E-state index >= 15 is 0 Å². The van der Waals surface area contributed by atoms with Crippen LogP contribution in [0, 0.1) is 11.3 Å². The van der Waals surface area contributed by atoms with E-state index in [1.54, 1.807) is 6.08 Å². The van der Waals surface area contributed by atoms with E-state index < -0.39 is 0 Å². The molecule has 1 unspecified atom stereocenters. The van der Waals surface area contributed by atoms with E-state index in [4.69, 9.17) is 0 Å². The Morgan fingerprint density at radius 1 is 1.50 bits per heavy atom. The Morgan fingerprint density at radius 3 is 2.83 bits per heavy atom. The number of rotatable bonds is 0. The number of carbonyl (C=O) groups is 1. The van der Waals surface area contributed by atoms with Crippen molar-refractivity contribution in [3.05, 3.63) is 12.2 Å². The zero-order valence-corrected chi connectivity index (χ0v) is 8.26. The SMILES string of the molecule is CC1C/C=C\C(=O)C(C)(C)CC1. The smallest absolute Gasteiger partial charge is 0.160 e. The number of allylic oxidation sites excluding steroid dienone is 2. The first-order valence-electron chi connectivity index (χ1n) is 4.73. The van der Waals surface area contributed by atoms with Crippen molar-refractivity contribution in [3.8, 4) is 0 Å². The zero-order valence-electron chi connectivity index (χ0n) is 8.26. The summed E-state index contributed by atoms with van der Waals surface area (Å²) in [6, 6.07) is 0. The molecular weight excluding hydrogens is 148 g/mol. The molecule has 1 rings (SSSR count). The molecule has 0 bridgehead atoms. The molecular formula is C11H18O. The van der Waals surface area contributed by atoms with E-state index in [-0.39, 0.29) is 11.2 Å². The van der Waals surface area contributed by atoms with Crippen molar-refractivity contribution in [2.24, 2.45) is 11.3 Å². The lowest BCUT2D eigenvalue weighted by molar-refractivity contribution is -0.122. The second kappa shape index (κ2) is 3.42. The molecule has 1 heteroatoms. The van der Waals surface area contributed by atoms with Crippen LogP contribution in [-0.4, -0.2) is 5.78 Å². The lowest BCUT2D eigenvalue weighted by Crippen LogP contribution is -2.24. The van der Waals surface area contributed by atoms with Crippen LogP contribution in [-0.2, 0) is 4.79 Å². The third-order valence-corrected chi connectivity index (χ3v) is 2.74. The van der Waals surface area contributed by atoms with Crippen LogP contribution in [0.15, 0.2) is 12.2 Å². The lowest BCUT2D eigenvalue weighted by Gasteiger charge is -2.24. The van der Waals surface area contributed by atoms with Crippen LogP contribution in [0.25, 0.3) is 0 Å². The molecule has 0 spiro atoms. The summed E-state index contributed by atoms with van der Waals surface area (Å²) in [5.74, 6) is 1.02. The van der Waals surface area contributed by atoms with Crippen molar-refractivity contribution in [3.63, 3.8) is 0 Å². The Hall–Kier alpha value is -0.590. The van der Waals surface area contributed by atoms with Gasteiger partial charge < -0.3 is 0 Å². The van der Waals surface area contributed by atoms with Crippen LogP contribution in [0.2, 0.25) is 0 Å². The van der Waals surface area contributed by atoms with E-state index in [1.165, 1.54) is 6.42 Å². The van der Waals surface area contributed by atoms with Gasteiger partial charge in [-0.3, -0.25) is 4.79 Å². The third kappa shape index (κ3) is 2.20. The van der Waals surface area contributed by atoms with Crippen LogP contribution >= 0.6 is 0 Å². The molecule has 0 amide bonds. The Kier molecular flexibility index (Phi) is 2.71. The molecule has 0 heterocycles. The van der Waals surface area contributed by atoms with Gasteiger partial charge in [0.2, 0.25) is 0 Å². The van der Waals surface area contributed by atoms with Gasteiger partial charge in [0, 0.05) is 5.41 Å². The van der Waals surface area contributed by atoms with Crippen LogP contribution in [0.5, 0.6) is 0 Å². The first-order valence-corrected chi connectivity index (χ1v) is 4.73. The fourth-order valence-corrected chi connectivity index (χ4v) is 1.48. The van der Waals surface area contributed by atoms with Crippen molar-refractivity contribution in [2.75, 3.05) is 0 Å². The Bertz CT molecular complexity index is 201. The van der Waals surface area contributed by atoms with Gasteiger partial charge in [0.05, 0.1) is 0 Å². The summed E-state index contributed by atoms with van der Waals surface area (Å²) in [4.78, 5) is 11.5. The second-order valence-corrected chi connectivity index (χ2v) is 4.53. The Labute approximate surface area is 74.9 Å². The highest BCUT2D eigenvalue weighted by Gasteiger charge is 2.26. The number of carbonyl (C=O) groups excluding carboxylic acids is 1. The molecule has 68 valence electrons. The summed E-state index contributed by atoms with van der Waals surface area (Å²) in [5, 5.41) is 0. The Balaban J connectivity index is 2.74. The molecule has 0 aromatic heterocycles. The molecule has 1 nitrogen and oxygen atoms in total. The minimum Gasteiger partial charge on any atom is -0.294 e. The fraction of sp³-hybridized carbons (Fsp3) is 0.727. The van der Waals surface area contributed by atoms with Gasteiger partial charge in [-0.05, 0) is 31.3 Å². The molecule has 0 radical (unpaired) electrons. The highest BCUT2D eigenvalue weighted by molar-refractivity contribution is 5.94. The molecule has 12 heavy (non-hydrogen) atoms. The fourth-order valence-electron chi connectivity index (χ4n) is 1.48. The zero-order chi connectivity index (χ0) is 9.19. The van der Waals surface area contributed by atoms with Crippen LogP contribution in [0.1, 0.15) is 40.0 Å². The molecule has 1 aliphatic carbocycles. The van der Waals surface area contributed by atoms with Crippen molar-refractivity contribution in [1.82, 2.24) is 0 Å². The van der Waals surface area contributed by atoms with E-state index in [0.29, 0.717) is 0 Å². The maximum Gasteiger partial charge on any atom is 0.160 e. The maximum atomic E-state index is 11.5. The minimum absolute atomic E-state index is 0.134. The predicted molar refractivity (Wildman–Crippen MR) is 50.9 cm³/mol. The van der Waals surface area contributed by atoms with E-state index in [9.17, 15) is 4.79 Å². The van der Waals surface area contributed by atoms with Crippen molar-refractivity contribution < 1.29 is 4.79 Å².